The highest BCUT2D eigenvalue weighted by atomic mass is 16.5. The molecule has 2 heterocycles. The Bertz CT molecular complexity index is 489. The topological polar surface area (TPSA) is 73.9 Å². The van der Waals surface area contributed by atoms with E-state index in [4.69, 9.17) is 4.52 Å². The number of nitrogens with one attached hydrogen (secondary N) is 1. The number of hydrogen-bond acceptors (Lipinski definition) is 4. The molecular formula is C17H30N4O2. The van der Waals surface area contributed by atoms with Crippen molar-refractivity contribution in [2.24, 2.45) is 4.99 Å². The van der Waals surface area contributed by atoms with Crippen LogP contribution in [0.4, 0.5) is 0 Å². The highest BCUT2D eigenvalue weighted by Gasteiger charge is 2.20. The van der Waals surface area contributed by atoms with Gasteiger partial charge in [0.1, 0.15) is 6.54 Å². The van der Waals surface area contributed by atoms with Gasteiger partial charge in [0, 0.05) is 31.6 Å². The highest BCUT2D eigenvalue weighted by Crippen LogP contribution is 2.22. The van der Waals surface area contributed by atoms with Crippen molar-refractivity contribution in [2.75, 3.05) is 19.6 Å². The van der Waals surface area contributed by atoms with Crippen molar-refractivity contribution in [1.29, 1.82) is 0 Å². The molecule has 1 saturated heterocycles. The Morgan fingerprint density at radius 3 is 2.70 bits per heavy atom. The molecule has 0 atom stereocenters. The summed E-state index contributed by atoms with van der Waals surface area (Å²) in [6.07, 6.45) is 3.57. The minimum Gasteiger partial charge on any atom is -0.393 e. The highest BCUT2D eigenvalue weighted by molar-refractivity contribution is 5.80. The van der Waals surface area contributed by atoms with Crippen molar-refractivity contribution in [1.82, 2.24) is 15.4 Å². The van der Waals surface area contributed by atoms with Gasteiger partial charge in [-0.15, -0.1) is 0 Å². The van der Waals surface area contributed by atoms with Crippen LogP contribution in [0, 0.1) is 0 Å². The van der Waals surface area contributed by atoms with Crippen molar-refractivity contribution >= 4 is 5.96 Å². The van der Waals surface area contributed by atoms with Crippen molar-refractivity contribution in [3.8, 4) is 0 Å². The van der Waals surface area contributed by atoms with Crippen molar-refractivity contribution in [2.45, 2.75) is 65.0 Å². The standard InChI is InChI=1S/C17H30N4O2/c1-4-13(5-2)16-11-15(23-20-16)12-19-17(18-6-3)21-9-7-14(22)8-10-21/h11,13-14,22H,4-10,12H2,1-3H3,(H,18,19). The third kappa shape index (κ3) is 4.96. The van der Waals surface area contributed by atoms with Gasteiger partial charge in [0.25, 0.3) is 0 Å². The van der Waals surface area contributed by atoms with E-state index >= 15 is 0 Å². The first kappa shape index (κ1) is 17.8. The maximum Gasteiger partial charge on any atom is 0.194 e. The van der Waals surface area contributed by atoms with Crippen LogP contribution in [-0.4, -0.2) is 46.9 Å². The normalized spacial score (nSPS) is 17.1. The van der Waals surface area contributed by atoms with E-state index in [1.54, 1.807) is 0 Å². The Morgan fingerprint density at radius 2 is 2.09 bits per heavy atom. The second-order valence-electron chi connectivity index (χ2n) is 6.12. The number of aliphatic hydroxyl groups excluding tert-OH is 1. The van der Waals surface area contributed by atoms with Crippen LogP contribution in [0.1, 0.15) is 63.8 Å². The van der Waals surface area contributed by atoms with Crippen LogP contribution < -0.4 is 5.32 Å². The van der Waals surface area contributed by atoms with Gasteiger partial charge < -0.3 is 19.8 Å². The molecule has 0 aromatic carbocycles. The van der Waals surface area contributed by atoms with Gasteiger partial charge in [-0.3, -0.25) is 0 Å². The minimum absolute atomic E-state index is 0.175. The summed E-state index contributed by atoms with van der Waals surface area (Å²) in [7, 11) is 0. The van der Waals surface area contributed by atoms with Gasteiger partial charge in [-0.1, -0.05) is 19.0 Å². The summed E-state index contributed by atoms with van der Waals surface area (Å²) in [6, 6.07) is 2.03. The van der Waals surface area contributed by atoms with Crippen LogP contribution in [0.2, 0.25) is 0 Å². The van der Waals surface area contributed by atoms with Crippen LogP contribution in [0.15, 0.2) is 15.6 Å². The third-order valence-electron chi connectivity index (χ3n) is 4.46. The molecule has 23 heavy (non-hydrogen) atoms. The van der Waals surface area contributed by atoms with Crippen LogP contribution >= 0.6 is 0 Å². The molecule has 1 aliphatic rings. The fourth-order valence-corrected chi connectivity index (χ4v) is 2.96. The van der Waals surface area contributed by atoms with Crippen molar-refractivity contribution in [3.63, 3.8) is 0 Å². The Morgan fingerprint density at radius 1 is 1.39 bits per heavy atom. The maximum absolute atomic E-state index is 9.64. The summed E-state index contributed by atoms with van der Waals surface area (Å²) in [4.78, 5) is 6.88. The zero-order valence-electron chi connectivity index (χ0n) is 14.6. The number of likely N-dealkylation sites (tertiary alicyclic amines) is 1. The average Bonchev–Trinajstić information content (AvgIpc) is 3.02. The van der Waals surface area contributed by atoms with Crippen molar-refractivity contribution in [3.05, 3.63) is 17.5 Å². The molecule has 0 saturated carbocycles. The Kier molecular flexibility index (Phi) is 6.89. The summed E-state index contributed by atoms with van der Waals surface area (Å²) in [5.74, 6) is 2.16. The number of nitrogens with zero attached hydrogens (tertiary/aromatic N) is 3. The summed E-state index contributed by atoms with van der Waals surface area (Å²) in [5.41, 5.74) is 1.03. The van der Waals surface area contributed by atoms with E-state index in [-0.39, 0.29) is 6.10 Å². The molecular weight excluding hydrogens is 292 g/mol. The van der Waals surface area contributed by atoms with E-state index in [0.29, 0.717) is 12.5 Å². The van der Waals surface area contributed by atoms with Gasteiger partial charge in [0.05, 0.1) is 11.8 Å². The lowest BCUT2D eigenvalue weighted by atomic mass is 9.99. The summed E-state index contributed by atoms with van der Waals surface area (Å²) >= 11 is 0. The minimum atomic E-state index is -0.175. The predicted molar refractivity (Wildman–Crippen MR) is 91.5 cm³/mol. The molecule has 0 unspecified atom stereocenters. The molecule has 6 nitrogen and oxygen atoms in total. The molecule has 6 heteroatoms. The van der Waals surface area contributed by atoms with Gasteiger partial charge in [-0.2, -0.15) is 0 Å². The number of aliphatic imine (C=N–C) groups is 1. The molecule has 0 spiro atoms. The molecule has 0 amide bonds. The molecule has 1 aromatic heterocycles. The summed E-state index contributed by atoms with van der Waals surface area (Å²) in [6.45, 7) is 9.41. The predicted octanol–water partition coefficient (Wildman–Crippen LogP) is 2.50. The van der Waals surface area contributed by atoms with E-state index in [1.807, 2.05) is 6.07 Å². The number of piperidine rings is 1. The Hall–Kier alpha value is -1.56. The molecule has 1 aromatic rings. The Balaban J connectivity index is 2.00. The van der Waals surface area contributed by atoms with Crippen LogP contribution in [-0.2, 0) is 6.54 Å². The first-order valence-electron chi connectivity index (χ1n) is 8.84. The van der Waals surface area contributed by atoms with Gasteiger partial charge in [-0.05, 0) is 32.6 Å². The quantitative estimate of drug-likeness (QED) is 0.622. The maximum atomic E-state index is 9.64. The average molecular weight is 322 g/mol. The van der Waals surface area contributed by atoms with Crippen LogP contribution in [0.3, 0.4) is 0 Å². The number of aromatic nitrogens is 1. The smallest absolute Gasteiger partial charge is 0.194 e. The monoisotopic (exact) mass is 322 g/mol. The van der Waals surface area contributed by atoms with E-state index in [0.717, 1.165) is 62.7 Å². The lowest BCUT2D eigenvalue weighted by molar-refractivity contribution is 0.108. The SMILES string of the molecule is CCNC(=NCc1cc(C(CC)CC)no1)N1CCC(O)CC1. The number of hydrogen-bond donors (Lipinski definition) is 2. The van der Waals surface area contributed by atoms with Crippen molar-refractivity contribution < 1.29 is 9.63 Å². The molecule has 2 N–H and O–H groups in total. The second kappa shape index (κ2) is 8.91. The molecule has 2 rings (SSSR count). The fraction of sp³-hybridized carbons (Fsp3) is 0.765. The first-order chi connectivity index (χ1) is 11.2. The molecule has 1 fully saturated rings. The molecule has 0 aliphatic carbocycles. The second-order valence-corrected chi connectivity index (χ2v) is 6.12. The molecule has 1 aliphatic heterocycles. The van der Waals surface area contributed by atoms with E-state index in [9.17, 15) is 5.11 Å². The molecule has 130 valence electrons. The van der Waals surface area contributed by atoms with Gasteiger partial charge in [0.2, 0.25) is 0 Å². The van der Waals surface area contributed by atoms with E-state index in [1.165, 1.54) is 0 Å². The lowest BCUT2D eigenvalue weighted by Crippen LogP contribution is -2.46. The zero-order valence-corrected chi connectivity index (χ0v) is 14.6. The fourth-order valence-electron chi connectivity index (χ4n) is 2.96. The lowest BCUT2D eigenvalue weighted by Gasteiger charge is -2.32. The summed E-state index contributed by atoms with van der Waals surface area (Å²) < 4.78 is 5.44. The van der Waals surface area contributed by atoms with Crippen LogP contribution in [0.5, 0.6) is 0 Å². The largest absolute Gasteiger partial charge is 0.393 e. The zero-order chi connectivity index (χ0) is 16.7. The molecule has 0 radical (unpaired) electrons. The summed E-state index contributed by atoms with van der Waals surface area (Å²) in [5, 5.41) is 17.2. The third-order valence-corrected chi connectivity index (χ3v) is 4.46. The van der Waals surface area contributed by atoms with Gasteiger partial charge in [-0.25, -0.2) is 4.99 Å². The van der Waals surface area contributed by atoms with Gasteiger partial charge >= 0.3 is 0 Å². The first-order valence-corrected chi connectivity index (χ1v) is 8.84. The van der Waals surface area contributed by atoms with E-state index < -0.39 is 0 Å². The van der Waals surface area contributed by atoms with Crippen LogP contribution in [0.25, 0.3) is 0 Å². The number of guanidine groups is 1. The number of aliphatic hydroxyl groups is 1. The molecule has 0 bridgehead atoms. The Labute approximate surface area is 138 Å². The van der Waals surface area contributed by atoms with E-state index in [2.05, 4.69) is 41.1 Å². The van der Waals surface area contributed by atoms with Gasteiger partial charge in [0.15, 0.2) is 11.7 Å². The number of rotatable bonds is 6.